The standard InChI is InChI=1S/C30H36BrN3O4S/c1-5-23(4)32-30(36)28(6-2)33(20-24-14-12-22(3)13-15-24)29(35)21-34(26-18-16-25(31)17-19-26)39(37,38)27-10-8-7-9-11-27/h7-19,23,28H,5-6,20-21H2,1-4H3,(H,32,36). The van der Waals surface area contributed by atoms with Gasteiger partial charge in [-0.2, -0.15) is 0 Å². The molecule has 3 aromatic carbocycles. The van der Waals surface area contributed by atoms with Crippen LogP contribution in [0.25, 0.3) is 0 Å². The second kappa shape index (κ2) is 13.8. The molecular formula is C30H36BrN3O4S. The number of hydrogen-bond donors (Lipinski definition) is 1. The van der Waals surface area contributed by atoms with Gasteiger partial charge in [-0.25, -0.2) is 8.42 Å². The molecule has 0 aliphatic rings. The Bertz CT molecular complexity index is 1350. The molecule has 0 fully saturated rings. The Labute approximate surface area is 240 Å². The van der Waals surface area contributed by atoms with Gasteiger partial charge in [-0.15, -0.1) is 0 Å². The Kier molecular flexibility index (Phi) is 10.7. The number of halogens is 1. The summed E-state index contributed by atoms with van der Waals surface area (Å²) in [6, 6.07) is 21.7. The van der Waals surface area contributed by atoms with Gasteiger partial charge in [-0.05, 0) is 68.7 Å². The lowest BCUT2D eigenvalue weighted by Crippen LogP contribution is -2.53. The maximum absolute atomic E-state index is 14.0. The lowest BCUT2D eigenvalue weighted by atomic mass is 10.1. The van der Waals surface area contributed by atoms with Gasteiger partial charge in [0.15, 0.2) is 0 Å². The molecular weight excluding hydrogens is 578 g/mol. The van der Waals surface area contributed by atoms with E-state index in [-0.39, 0.29) is 23.4 Å². The van der Waals surface area contributed by atoms with Gasteiger partial charge in [0.25, 0.3) is 10.0 Å². The zero-order chi connectivity index (χ0) is 28.6. The topological polar surface area (TPSA) is 86.8 Å². The summed E-state index contributed by atoms with van der Waals surface area (Å²) in [6.07, 6.45) is 1.13. The molecule has 9 heteroatoms. The molecule has 2 amide bonds. The lowest BCUT2D eigenvalue weighted by Gasteiger charge is -2.33. The molecule has 0 bridgehead atoms. The molecule has 1 N–H and O–H groups in total. The summed E-state index contributed by atoms with van der Waals surface area (Å²) in [5.41, 5.74) is 2.28. The maximum Gasteiger partial charge on any atom is 0.264 e. The highest BCUT2D eigenvalue weighted by Gasteiger charge is 2.33. The van der Waals surface area contributed by atoms with Crippen LogP contribution in [0.5, 0.6) is 0 Å². The number of sulfonamides is 1. The van der Waals surface area contributed by atoms with Crippen LogP contribution in [0.1, 0.15) is 44.7 Å². The average molecular weight is 615 g/mol. The third kappa shape index (κ3) is 7.92. The van der Waals surface area contributed by atoms with E-state index >= 15 is 0 Å². The Morgan fingerprint density at radius 2 is 1.51 bits per heavy atom. The van der Waals surface area contributed by atoms with E-state index in [1.165, 1.54) is 17.0 Å². The van der Waals surface area contributed by atoms with E-state index in [9.17, 15) is 18.0 Å². The van der Waals surface area contributed by atoms with E-state index in [1.54, 1.807) is 42.5 Å². The molecule has 2 atom stereocenters. The minimum atomic E-state index is -4.08. The summed E-state index contributed by atoms with van der Waals surface area (Å²) in [7, 11) is -4.08. The van der Waals surface area contributed by atoms with Gasteiger partial charge >= 0.3 is 0 Å². The molecule has 0 spiro atoms. The van der Waals surface area contributed by atoms with Gasteiger partial charge in [0.05, 0.1) is 10.6 Å². The molecule has 3 rings (SSSR count). The summed E-state index contributed by atoms with van der Waals surface area (Å²) >= 11 is 3.39. The van der Waals surface area contributed by atoms with Gasteiger partial charge in [0.1, 0.15) is 12.6 Å². The molecule has 0 heterocycles. The summed E-state index contributed by atoms with van der Waals surface area (Å²) in [5.74, 6) is -0.724. The van der Waals surface area contributed by atoms with Crippen molar-refractivity contribution in [2.75, 3.05) is 10.8 Å². The van der Waals surface area contributed by atoms with E-state index in [1.807, 2.05) is 52.0 Å². The van der Waals surface area contributed by atoms with Gasteiger partial charge < -0.3 is 10.2 Å². The highest BCUT2D eigenvalue weighted by atomic mass is 79.9. The lowest BCUT2D eigenvalue weighted by molar-refractivity contribution is -0.140. The first-order valence-electron chi connectivity index (χ1n) is 13.1. The Morgan fingerprint density at radius 1 is 0.897 bits per heavy atom. The number of anilines is 1. The van der Waals surface area contributed by atoms with Crippen molar-refractivity contribution in [1.29, 1.82) is 0 Å². The Morgan fingerprint density at radius 3 is 2.08 bits per heavy atom. The fraction of sp³-hybridized carbons (Fsp3) is 0.333. The maximum atomic E-state index is 14.0. The quantitative estimate of drug-likeness (QED) is 0.285. The number of nitrogens with one attached hydrogen (secondary N) is 1. The molecule has 3 aromatic rings. The van der Waals surface area contributed by atoms with Crippen LogP contribution in [-0.4, -0.2) is 43.8 Å². The first-order valence-corrected chi connectivity index (χ1v) is 15.3. The molecule has 0 saturated heterocycles. The molecule has 39 heavy (non-hydrogen) atoms. The molecule has 208 valence electrons. The van der Waals surface area contributed by atoms with E-state index in [4.69, 9.17) is 0 Å². The Balaban J connectivity index is 2.03. The number of carbonyl (C=O) groups is 2. The molecule has 0 saturated carbocycles. The van der Waals surface area contributed by atoms with Gasteiger partial charge in [0, 0.05) is 17.1 Å². The zero-order valence-corrected chi connectivity index (χ0v) is 25.2. The van der Waals surface area contributed by atoms with Crippen LogP contribution < -0.4 is 9.62 Å². The molecule has 0 radical (unpaired) electrons. The van der Waals surface area contributed by atoms with Crippen LogP contribution in [0.2, 0.25) is 0 Å². The highest BCUT2D eigenvalue weighted by Crippen LogP contribution is 2.26. The van der Waals surface area contributed by atoms with E-state index in [2.05, 4.69) is 21.2 Å². The van der Waals surface area contributed by atoms with Crippen LogP contribution in [0.4, 0.5) is 5.69 Å². The van der Waals surface area contributed by atoms with Crippen LogP contribution in [0.15, 0.2) is 88.2 Å². The normalized spacial score (nSPS) is 12.8. The highest BCUT2D eigenvalue weighted by molar-refractivity contribution is 9.10. The zero-order valence-electron chi connectivity index (χ0n) is 22.8. The summed E-state index contributed by atoms with van der Waals surface area (Å²) in [4.78, 5) is 28.9. The number of hydrogen-bond acceptors (Lipinski definition) is 4. The van der Waals surface area contributed by atoms with Crippen LogP contribution in [0.3, 0.4) is 0 Å². The summed E-state index contributed by atoms with van der Waals surface area (Å²) < 4.78 is 29.5. The first kappa shape index (κ1) is 30.4. The fourth-order valence-electron chi connectivity index (χ4n) is 4.11. The van der Waals surface area contributed by atoms with Gasteiger partial charge in [-0.1, -0.05) is 77.8 Å². The number of benzene rings is 3. The van der Waals surface area contributed by atoms with E-state index in [0.717, 1.165) is 26.3 Å². The predicted octanol–water partition coefficient (Wildman–Crippen LogP) is 5.67. The van der Waals surface area contributed by atoms with Crippen molar-refractivity contribution in [1.82, 2.24) is 10.2 Å². The van der Waals surface area contributed by atoms with Gasteiger partial charge in [-0.3, -0.25) is 13.9 Å². The van der Waals surface area contributed by atoms with Crippen molar-refractivity contribution in [2.45, 2.75) is 64.1 Å². The molecule has 2 unspecified atom stereocenters. The molecule has 0 aliphatic carbocycles. The second-order valence-electron chi connectivity index (χ2n) is 9.55. The predicted molar refractivity (Wildman–Crippen MR) is 159 cm³/mol. The minimum absolute atomic E-state index is 0.0550. The Hall–Kier alpha value is -3.17. The van der Waals surface area contributed by atoms with Crippen LogP contribution >= 0.6 is 15.9 Å². The van der Waals surface area contributed by atoms with Crippen LogP contribution in [-0.2, 0) is 26.2 Å². The number of rotatable bonds is 12. The monoisotopic (exact) mass is 613 g/mol. The first-order chi connectivity index (χ1) is 18.6. The van der Waals surface area contributed by atoms with E-state index in [0.29, 0.717) is 12.1 Å². The second-order valence-corrected chi connectivity index (χ2v) is 12.3. The van der Waals surface area contributed by atoms with Crippen molar-refractivity contribution >= 4 is 43.5 Å². The number of carbonyl (C=O) groups excluding carboxylic acids is 2. The van der Waals surface area contributed by atoms with Gasteiger partial charge in [0.2, 0.25) is 11.8 Å². The smallest absolute Gasteiger partial charge is 0.264 e. The third-order valence-corrected chi connectivity index (χ3v) is 8.90. The average Bonchev–Trinajstić information content (AvgIpc) is 2.93. The number of nitrogens with zero attached hydrogens (tertiary/aromatic N) is 2. The van der Waals surface area contributed by atoms with Crippen molar-refractivity contribution in [2.24, 2.45) is 0 Å². The summed E-state index contributed by atoms with van der Waals surface area (Å²) in [6.45, 7) is 7.43. The van der Waals surface area contributed by atoms with Crippen molar-refractivity contribution in [3.05, 3.63) is 94.5 Å². The minimum Gasteiger partial charge on any atom is -0.352 e. The number of amides is 2. The SMILES string of the molecule is CCC(C)NC(=O)C(CC)N(Cc1ccc(C)cc1)C(=O)CN(c1ccc(Br)cc1)S(=O)(=O)c1ccccc1. The number of aryl methyl sites for hydroxylation is 1. The summed E-state index contributed by atoms with van der Waals surface area (Å²) in [5, 5.41) is 2.99. The third-order valence-electron chi connectivity index (χ3n) is 6.59. The van der Waals surface area contributed by atoms with Crippen molar-refractivity contribution in [3.8, 4) is 0 Å². The molecule has 7 nitrogen and oxygen atoms in total. The molecule has 0 aliphatic heterocycles. The largest absolute Gasteiger partial charge is 0.352 e. The molecule has 0 aromatic heterocycles. The van der Waals surface area contributed by atoms with Crippen LogP contribution in [0, 0.1) is 6.92 Å². The van der Waals surface area contributed by atoms with E-state index < -0.39 is 28.5 Å². The van der Waals surface area contributed by atoms with Crippen molar-refractivity contribution in [3.63, 3.8) is 0 Å². The fourth-order valence-corrected chi connectivity index (χ4v) is 5.81. The van der Waals surface area contributed by atoms with Crippen molar-refractivity contribution < 1.29 is 18.0 Å².